The Morgan fingerprint density at radius 2 is 1.94 bits per heavy atom. The minimum atomic E-state index is -2.78. The van der Waals surface area contributed by atoms with Crippen LogP contribution in [0.3, 0.4) is 0 Å². The molecule has 0 radical (unpaired) electrons. The highest BCUT2D eigenvalue weighted by molar-refractivity contribution is 7.98. The number of alkyl halides is 2. The molecule has 0 bridgehead atoms. The van der Waals surface area contributed by atoms with E-state index in [1.165, 1.54) is 12.1 Å². The molecule has 0 aromatic heterocycles. The van der Waals surface area contributed by atoms with E-state index >= 15 is 0 Å². The fraction of sp³-hybridized carbons (Fsp3) is 0.500. The third kappa shape index (κ3) is 4.49. The fourth-order valence-corrected chi connectivity index (χ4v) is 1.80. The quantitative estimate of drug-likeness (QED) is 0.741. The predicted octanol–water partition coefficient (Wildman–Crippen LogP) is 3.12. The zero-order valence-corrected chi connectivity index (χ0v) is 10.2. The van der Waals surface area contributed by atoms with Gasteiger partial charge in [0.25, 0.3) is 5.92 Å². The van der Waals surface area contributed by atoms with Gasteiger partial charge in [0.2, 0.25) is 0 Å². The number of rotatable bonds is 7. The molecular formula is C12H17F2NS. The summed E-state index contributed by atoms with van der Waals surface area (Å²) in [5.74, 6) is -1.77. The van der Waals surface area contributed by atoms with Gasteiger partial charge in [-0.25, -0.2) is 0 Å². The van der Waals surface area contributed by atoms with Crippen LogP contribution in [0.1, 0.15) is 12.0 Å². The standard InChI is InChI=1S/C12H17F2NS/c1-16-9-5-8-15-10-12(13,14)11-6-3-2-4-7-11/h2-4,6-7,15H,5,8-10H2,1H3. The van der Waals surface area contributed by atoms with Crippen molar-refractivity contribution >= 4 is 11.8 Å². The zero-order valence-electron chi connectivity index (χ0n) is 9.38. The average Bonchev–Trinajstić information content (AvgIpc) is 2.30. The maximum atomic E-state index is 13.6. The van der Waals surface area contributed by atoms with Crippen LogP contribution < -0.4 is 5.32 Å². The smallest absolute Gasteiger partial charge is 0.285 e. The first kappa shape index (κ1) is 13.5. The summed E-state index contributed by atoms with van der Waals surface area (Å²) in [6.07, 6.45) is 2.94. The van der Waals surface area contributed by atoms with E-state index in [2.05, 4.69) is 5.32 Å². The Hall–Kier alpha value is -0.610. The van der Waals surface area contributed by atoms with Crippen LogP contribution in [0.2, 0.25) is 0 Å². The van der Waals surface area contributed by atoms with Crippen molar-refractivity contribution < 1.29 is 8.78 Å². The Balaban J connectivity index is 2.35. The molecule has 0 heterocycles. The Kier molecular flexibility index (Phi) is 5.77. The van der Waals surface area contributed by atoms with E-state index < -0.39 is 5.92 Å². The number of hydrogen-bond donors (Lipinski definition) is 1. The van der Waals surface area contributed by atoms with Crippen LogP contribution in [0.4, 0.5) is 8.78 Å². The Morgan fingerprint density at radius 3 is 2.56 bits per heavy atom. The predicted molar refractivity (Wildman–Crippen MR) is 66.2 cm³/mol. The van der Waals surface area contributed by atoms with Crippen LogP contribution >= 0.6 is 11.8 Å². The average molecular weight is 245 g/mol. The Labute approximate surface area is 99.6 Å². The molecule has 0 aliphatic heterocycles. The van der Waals surface area contributed by atoms with Gasteiger partial charge in [-0.05, 0) is 25.0 Å². The molecule has 16 heavy (non-hydrogen) atoms. The topological polar surface area (TPSA) is 12.0 Å². The van der Waals surface area contributed by atoms with E-state index in [9.17, 15) is 8.78 Å². The Bertz CT molecular complexity index is 290. The maximum Gasteiger partial charge on any atom is 0.285 e. The lowest BCUT2D eigenvalue weighted by Gasteiger charge is -2.17. The molecule has 4 heteroatoms. The van der Waals surface area contributed by atoms with Crippen molar-refractivity contribution in [1.82, 2.24) is 5.32 Å². The van der Waals surface area contributed by atoms with Gasteiger partial charge in [0.1, 0.15) is 0 Å². The van der Waals surface area contributed by atoms with E-state index in [-0.39, 0.29) is 12.1 Å². The van der Waals surface area contributed by atoms with Crippen molar-refractivity contribution in [2.45, 2.75) is 12.3 Å². The van der Waals surface area contributed by atoms with Gasteiger partial charge in [-0.3, -0.25) is 0 Å². The van der Waals surface area contributed by atoms with Crippen LogP contribution in [0, 0.1) is 0 Å². The number of thioether (sulfide) groups is 1. The fourth-order valence-electron chi connectivity index (χ4n) is 1.37. The van der Waals surface area contributed by atoms with Crippen LogP contribution in [-0.2, 0) is 5.92 Å². The number of benzene rings is 1. The maximum absolute atomic E-state index is 13.6. The highest BCUT2D eigenvalue weighted by Crippen LogP contribution is 2.26. The van der Waals surface area contributed by atoms with Crippen LogP contribution in [-0.4, -0.2) is 25.1 Å². The van der Waals surface area contributed by atoms with E-state index in [0.717, 1.165) is 12.2 Å². The highest BCUT2D eigenvalue weighted by Gasteiger charge is 2.30. The van der Waals surface area contributed by atoms with E-state index in [4.69, 9.17) is 0 Å². The summed E-state index contributed by atoms with van der Waals surface area (Å²) in [5, 5.41) is 2.80. The van der Waals surface area contributed by atoms with Gasteiger partial charge in [-0.2, -0.15) is 20.5 Å². The summed E-state index contributed by atoms with van der Waals surface area (Å²) in [6, 6.07) is 7.94. The van der Waals surface area contributed by atoms with Crippen molar-refractivity contribution in [1.29, 1.82) is 0 Å². The van der Waals surface area contributed by atoms with Crippen molar-refractivity contribution in [3.05, 3.63) is 35.9 Å². The molecule has 1 aromatic rings. The minimum absolute atomic E-state index is 0.0763. The molecule has 1 rings (SSSR count). The monoisotopic (exact) mass is 245 g/mol. The second-order valence-corrected chi connectivity index (χ2v) is 4.58. The second kappa shape index (κ2) is 6.86. The lowest BCUT2D eigenvalue weighted by molar-refractivity contribution is -0.00289. The first-order chi connectivity index (χ1) is 7.67. The third-order valence-electron chi connectivity index (χ3n) is 2.25. The van der Waals surface area contributed by atoms with Crippen molar-refractivity contribution in [2.75, 3.05) is 25.1 Å². The Morgan fingerprint density at radius 1 is 1.25 bits per heavy atom. The van der Waals surface area contributed by atoms with E-state index in [1.54, 1.807) is 30.0 Å². The van der Waals surface area contributed by atoms with Gasteiger partial charge < -0.3 is 5.32 Å². The summed E-state index contributed by atoms with van der Waals surface area (Å²) in [7, 11) is 0. The summed E-state index contributed by atoms with van der Waals surface area (Å²) in [5.41, 5.74) is 0.0763. The normalized spacial score (nSPS) is 11.7. The number of hydrogen-bond acceptors (Lipinski definition) is 2. The molecule has 1 N–H and O–H groups in total. The zero-order chi connectivity index (χ0) is 11.9. The molecular weight excluding hydrogens is 228 g/mol. The summed E-state index contributed by atoms with van der Waals surface area (Å²) < 4.78 is 27.2. The van der Waals surface area contributed by atoms with Crippen molar-refractivity contribution in [3.8, 4) is 0 Å². The molecule has 0 spiro atoms. The molecule has 1 nitrogen and oxygen atoms in total. The molecule has 0 aliphatic carbocycles. The highest BCUT2D eigenvalue weighted by atomic mass is 32.2. The van der Waals surface area contributed by atoms with Gasteiger partial charge in [0, 0.05) is 5.56 Å². The molecule has 90 valence electrons. The summed E-state index contributed by atoms with van der Waals surface area (Å²) in [6.45, 7) is 0.356. The van der Waals surface area contributed by atoms with Gasteiger partial charge in [0.05, 0.1) is 6.54 Å². The molecule has 0 atom stereocenters. The van der Waals surface area contributed by atoms with Crippen LogP contribution in [0.5, 0.6) is 0 Å². The molecule has 0 aliphatic rings. The van der Waals surface area contributed by atoms with Gasteiger partial charge in [-0.15, -0.1) is 0 Å². The van der Waals surface area contributed by atoms with E-state index in [1.807, 2.05) is 6.26 Å². The first-order valence-corrected chi connectivity index (χ1v) is 6.69. The SMILES string of the molecule is CSCCCNCC(F)(F)c1ccccc1. The minimum Gasteiger partial charge on any atom is -0.311 e. The third-order valence-corrected chi connectivity index (χ3v) is 2.94. The lowest BCUT2D eigenvalue weighted by atomic mass is 10.1. The van der Waals surface area contributed by atoms with Crippen molar-refractivity contribution in [3.63, 3.8) is 0 Å². The number of nitrogens with one attached hydrogen (secondary N) is 1. The van der Waals surface area contributed by atoms with Gasteiger partial charge in [-0.1, -0.05) is 30.3 Å². The molecule has 1 aromatic carbocycles. The molecule has 0 saturated carbocycles. The molecule has 0 unspecified atom stereocenters. The molecule has 0 amide bonds. The van der Waals surface area contributed by atoms with Gasteiger partial charge in [0.15, 0.2) is 0 Å². The van der Waals surface area contributed by atoms with Crippen LogP contribution in [0.15, 0.2) is 30.3 Å². The lowest BCUT2D eigenvalue weighted by Crippen LogP contribution is -2.31. The molecule has 0 saturated heterocycles. The van der Waals surface area contributed by atoms with Crippen LogP contribution in [0.25, 0.3) is 0 Å². The summed E-state index contributed by atoms with van der Waals surface area (Å²) in [4.78, 5) is 0. The second-order valence-electron chi connectivity index (χ2n) is 3.59. The van der Waals surface area contributed by atoms with Gasteiger partial charge >= 0.3 is 0 Å². The summed E-state index contributed by atoms with van der Waals surface area (Å²) >= 11 is 1.73. The molecule has 0 fully saturated rings. The van der Waals surface area contributed by atoms with E-state index in [0.29, 0.717) is 6.54 Å². The van der Waals surface area contributed by atoms with Crippen molar-refractivity contribution in [2.24, 2.45) is 0 Å². The first-order valence-electron chi connectivity index (χ1n) is 5.30. The largest absolute Gasteiger partial charge is 0.311 e. The number of halogens is 2.